The molecule has 18 heavy (non-hydrogen) atoms. The molecule has 1 saturated carbocycles. The van der Waals surface area contributed by atoms with Crippen molar-refractivity contribution in [2.24, 2.45) is 11.8 Å². The van der Waals surface area contributed by atoms with E-state index in [4.69, 9.17) is 5.11 Å². The van der Waals surface area contributed by atoms with Crippen LogP contribution in [0.15, 0.2) is 0 Å². The van der Waals surface area contributed by atoms with Crippen molar-refractivity contribution in [1.82, 2.24) is 5.32 Å². The molecule has 0 saturated heterocycles. The van der Waals surface area contributed by atoms with Crippen molar-refractivity contribution in [1.29, 1.82) is 0 Å². The molecule has 1 aliphatic carbocycles. The predicted octanol–water partition coefficient (Wildman–Crippen LogP) is 2.14. The van der Waals surface area contributed by atoms with E-state index in [1.807, 2.05) is 6.26 Å². The molecule has 0 aromatic carbocycles. The molecule has 0 aromatic heterocycles. The van der Waals surface area contributed by atoms with Crippen molar-refractivity contribution in [3.05, 3.63) is 0 Å². The minimum absolute atomic E-state index is 0.00161. The Balaban J connectivity index is 2.34. The van der Waals surface area contributed by atoms with Crippen molar-refractivity contribution in [3.63, 3.8) is 0 Å². The van der Waals surface area contributed by atoms with Crippen LogP contribution in [-0.4, -0.2) is 34.5 Å². The molecular weight excluding hydrogens is 250 g/mol. The number of aliphatic carboxylic acids is 1. The summed E-state index contributed by atoms with van der Waals surface area (Å²) >= 11 is 1.73. The van der Waals surface area contributed by atoms with Gasteiger partial charge >= 0.3 is 5.97 Å². The molecule has 4 nitrogen and oxygen atoms in total. The van der Waals surface area contributed by atoms with Crippen molar-refractivity contribution in [3.8, 4) is 0 Å². The number of carbonyl (C=O) groups excluding carboxylic acids is 1. The molecule has 2 N–H and O–H groups in total. The lowest BCUT2D eigenvalue weighted by molar-refractivity contribution is -0.144. The van der Waals surface area contributed by atoms with Gasteiger partial charge in [-0.25, -0.2) is 0 Å². The maximum absolute atomic E-state index is 12.0. The molecular formula is C13H23NO3S. The zero-order valence-electron chi connectivity index (χ0n) is 11.4. The van der Waals surface area contributed by atoms with Crippen molar-refractivity contribution >= 4 is 23.6 Å². The van der Waals surface area contributed by atoms with Gasteiger partial charge in [-0.1, -0.05) is 0 Å². The van der Waals surface area contributed by atoms with E-state index in [2.05, 4.69) is 19.2 Å². The first-order valence-corrected chi connectivity index (χ1v) is 7.64. The van der Waals surface area contributed by atoms with Crippen LogP contribution in [0.1, 0.15) is 39.5 Å². The second-order valence-corrected chi connectivity index (χ2v) is 7.08. The molecule has 0 spiro atoms. The molecule has 0 aliphatic heterocycles. The molecule has 0 heterocycles. The maximum Gasteiger partial charge on any atom is 0.306 e. The van der Waals surface area contributed by atoms with Gasteiger partial charge in [0.1, 0.15) is 0 Å². The molecule has 5 heteroatoms. The lowest BCUT2D eigenvalue weighted by Crippen LogP contribution is -2.40. The molecule has 104 valence electrons. The van der Waals surface area contributed by atoms with Crippen LogP contribution in [0.5, 0.6) is 0 Å². The van der Waals surface area contributed by atoms with Gasteiger partial charge in [-0.2, -0.15) is 11.8 Å². The highest BCUT2D eigenvalue weighted by Gasteiger charge is 2.30. The Morgan fingerprint density at radius 1 is 1.22 bits per heavy atom. The first-order chi connectivity index (χ1) is 8.35. The summed E-state index contributed by atoms with van der Waals surface area (Å²) in [6.45, 7) is 4.85. The summed E-state index contributed by atoms with van der Waals surface area (Å²) in [6, 6.07) is 0. The quantitative estimate of drug-likeness (QED) is 0.805. The Morgan fingerprint density at radius 2 is 1.72 bits per heavy atom. The van der Waals surface area contributed by atoms with Crippen LogP contribution in [0.3, 0.4) is 0 Å². The number of carbonyl (C=O) groups is 2. The highest BCUT2D eigenvalue weighted by molar-refractivity contribution is 7.99. The van der Waals surface area contributed by atoms with Crippen LogP contribution in [0, 0.1) is 11.8 Å². The SMILES string of the molecule is CSC(C)(C)CNC(=O)C1CCC(C(=O)O)CC1. The van der Waals surface area contributed by atoms with Crippen LogP contribution < -0.4 is 5.32 Å². The van der Waals surface area contributed by atoms with Crippen LogP contribution in [0.4, 0.5) is 0 Å². The van der Waals surface area contributed by atoms with Gasteiger partial charge in [0, 0.05) is 17.2 Å². The first-order valence-electron chi connectivity index (χ1n) is 6.41. The van der Waals surface area contributed by atoms with Crippen LogP contribution in [-0.2, 0) is 9.59 Å². The number of hydrogen-bond donors (Lipinski definition) is 2. The van der Waals surface area contributed by atoms with Gasteiger partial charge in [0.25, 0.3) is 0 Å². The zero-order chi connectivity index (χ0) is 13.8. The molecule has 0 bridgehead atoms. The molecule has 1 rings (SSSR count). The molecule has 1 aliphatic rings. The topological polar surface area (TPSA) is 66.4 Å². The summed E-state index contributed by atoms with van der Waals surface area (Å²) in [4.78, 5) is 22.8. The van der Waals surface area contributed by atoms with E-state index in [-0.39, 0.29) is 22.5 Å². The average Bonchev–Trinajstić information content (AvgIpc) is 2.36. The molecule has 0 unspecified atom stereocenters. The summed E-state index contributed by atoms with van der Waals surface area (Å²) in [6.07, 6.45) is 4.67. The molecule has 0 atom stereocenters. The van der Waals surface area contributed by atoms with E-state index in [1.165, 1.54) is 0 Å². The van der Waals surface area contributed by atoms with E-state index in [1.54, 1.807) is 11.8 Å². The van der Waals surface area contributed by atoms with Crippen molar-refractivity contribution in [2.75, 3.05) is 12.8 Å². The van der Waals surface area contributed by atoms with E-state index < -0.39 is 5.97 Å². The second-order valence-electron chi connectivity index (χ2n) is 5.57. The number of hydrogen-bond acceptors (Lipinski definition) is 3. The smallest absolute Gasteiger partial charge is 0.306 e. The van der Waals surface area contributed by atoms with E-state index in [0.29, 0.717) is 32.2 Å². The minimum Gasteiger partial charge on any atom is -0.481 e. The first kappa shape index (κ1) is 15.3. The summed E-state index contributed by atoms with van der Waals surface area (Å²) in [7, 11) is 0. The van der Waals surface area contributed by atoms with Gasteiger partial charge in [0.05, 0.1) is 5.92 Å². The second kappa shape index (κ2) is 6.45. The Labute approximate surface area is 113 Å². The number of rotatable bonds is 5. The molecule has 1 amide bonds. The summed E-state index contributed by atoms with van der Waals surface area (Å²) in [5, 5.41) is 11.9. The number of nitrogens with one attached hydrogen (secondary N) is 1. The molecule has 1 fully saturated rings. The lowest BCUT2D eigenvalue weighted by Gasteiger charge is -2.27. The van der Waals surface area contributed by atoms with Crippen molar-refractivity contribution in [2.45, 2.75) is 44.3 Å². The van der Waals surface area contributed by atoms with E-state index in [0.717, 1.165) is 0 Å². The highest BCUT2D eigenvalue weighted by atomic mass is 32.2. The lowest BCUT2D eigenvalue weighted by atomic mass is 9.81. The number of amides is 1. The largest absolute Gasteiger partial charge is 0.481 e. The Bertz CT molecular complexity index is 309. The fraction of sp³-hybridized carbons (Fsp3) is 0.846. The minimum atomic E-state index is -0.725. The normalized spacial score (nSPS) is 24.6. The third-order valence-electron chi connectivity index (χ3n) is 3.69. The van der Waals surface area contributed by atoms with Crippen LogP contribution >= 0.6 is 11.8 Å². The van der Waals surface area contributed by atoms with Gasteiger partial charge in [0.15, 0.2) is 0 Å². The third kappa shape index (κ3) is 4.52. The van der Waals surface area contributed by atoms with Gasteiger partial charge in [-0.15, -0.1) is 0 Å². The Kier molecular flexibility index (Phi) is 5.50. The Morgan fingerprint density at radius 3 is 2.17 bits per heavy atom. The van der Waals surface area contributed by atoms with Gasteiger partial charge in [-0.3, -0.25) is 9.59 Å². The third-order valence-corrected chi connectivity index (χ3v) is 4.94. The van der Waals surface area contributed by atoms with Crippen molar-refractivity contribution < 1.29 is 14.7 Å². The van der Waals surface area contributed by atoms with Crippen LogP contribution in [0.2, 0.25) is 0 Å². The maximum atomic E-state index is 12.0. The number of carboxylic acid groups (broad SMARTS) is 1. The number of thioether (sulfide) groups is 1. The summed E-state index contributed by atoms with van der Waals surface area (Å²) in [5.41, 5.74) is 0. The predicted molar refractivity (Wildman–Crippen MR) is 73.7 cm³/mol. The Hall–Kier alpha value is -0.710. The zero-order valence-corrected chi connectivity index (χ0v) is 12.2. The fourth-order valence-corrected chi connectivity index (χ4v) is 2.34. The van der Waals surface area contributed by atoms with Gasteiger partial charge < -0.3 is 10.4 Å². The average molecular weight is 273 g/mol. The van der Waals surface area contributed by atoms with E-state index in [9.17, 15) is 9.59 Å². The number of carboxylic acids is 1. The van der Waals surface area contributed by atoms with E-state index >= 15 is 0 Å². The molecule has 0 aromatic rings. The monoisotopic (exact) mass is 273 g/mol. The van der Waals surface area contributed by atoms with Gasteiger partial charge in [-0.05, 0) is 45.8 Å². The fourth-order valence-electron chi connectivity index (χ4n) is 2.12. The van der Waals surface area contributed by atoms with Gasteiger partial charge in [0.2, 0.25) is 5.91 Å². The summed E-state index contributed by atoms with van der Waals surface area (Å²) in [5.74, 6) is -0.895. The summed E-state index contributed by atoms with van der Waals surface area (Å²) < 4.78 is 0.0495. The standard InChI is InChI=1S/C13H23NO3S/c1-13(2,18-3)8-14-11(15)9-4-6-10(7-5-9)12(16)17/h9-10H,4-8H2,1-3H3,(H,14,15)(H,16,17). The van der Waals surface area contributed by atoms with Crippen LogP contribution in [0.25, 0.3) is 0 Å². The highest BCUT2D eigenvalue weighted by Crippen LogP contribution is 2.29. The molecule has 0 radical (unpaired) electrons.